The molecule has 0 spiro atoms. The summed E-state index contributed by atoms with van der Waals surface area (Å²) < 4.78 is 16.5. The molecule has 1 atom stereocenters. The van der Waals surface area contributed by atoms with Crippen LogP contribution in [0.25, 0.3) is 0 Å². The third-order valence-electron chi connectivity index (χ3n) is 4.09. The predicted molar refractivity (Wildman–Crippen MR) is 89.7 cm³/mol. The fourth-order valence-electron chi connectivity index (χ4n) is 2.69. The molecule has 23 heavy (non-hydrogen) atoms. The molecular formula is C17H21NO4S. The first-order valence-corrected chi connectivity index (χ1v) is 9.44. The molecule has 1 saturated heterocycles. The molecular weight excluding hydrogens is 314 g/mol. The van der Waals surface area contributed by atoms with Gasteiger partial charge in [-0.1, -0.05) is 36.4 Å². The average Bonchev–Trinajstić information content (AvgIpc) is 2.53. The lowest BCUT2D eigenvalue weighted by atomic mass is 9.96. The number of benzene rings is 1. The quantitative estimate of drug-likeness (QED) is 0.839. The highest BCUT2D eigenvalue weighted by Crippen LogP contribution is 2.24. The Morgan fingerprint density at radius 2 is 1.91 bits per heavy atom. The summed E-state index contributed by atoms with van der Waals surface area (Å²) in [5.74, 6) is -1.54. The molecule has 1 unspecified atom stereocenters. The minimum absolute atomic E-state index is 0.132. The van der Waals surface area contributed by atoms with E-state index in [1.54, 1.807) is 6.08 Å². The molecule has 1 N–H and O–H groups in total. The van der Waals surface area contributed by atoms with E-state index in [-0.39, 0.29) is 23.8 Å². The molecule has 1 aromatic rings. The predicted octanol–water partition coefficient (Wildman–Crippen LogP) is 2.84. The lowest BCUT2D eigenvalue weighted by Gasteiger charge is -2.21. The second-order valence-corrected chi connectivity index (χ2v) is 8.28. The third kappa shape index (κ3) is 4.76. The highest BCUT2D eigenvalue weighted by molar-refractivity contribution is 7.93. The second-order valence-electron chi connectivity index (χ2n) is 5.74. The summed E-state index contributed by atoms with van der Waals surface area (Å²) in [6.45, 7) is 3.75. The smallest absolute Gasteiger partial charge is 0.306 e. The minimum Gasteiger partial charge on any atom is -0.481 e. The van der Waals surface area contributed by atoms with Gasteiger partial charge in [0.25, 0.3) is 5.91 Å². The second kappa shape index (κ2) is 7.55. The van der Waals surface area contributed by atoms with E-state index in [2.05, 4.69) is 10.9 Å². The fraction of sp³-hybridized carbons (Fsp3) is 0.412. The normalized spacial score (nSPS) is 25.3. The molecule has 0 radical (unpaired) electrons. The van der Waals surface area contributed by atoms with Crippen LogP contribution in [0.5, 0.6) is 0 Å². The van der Waals surface area contributed by atoms with Crippen molar-refractivity contribution in [2.75, 3.05) is 11.5 Å². The summed E-state index contributed by atoms with van der Waals surface area (Å²) in [5.41, 5.74) is 0.968. The van der Waals surface area contributed by atoms with Crippen molar-refractivity contribution >= 4 is 21.6 Å². The molecule has 0 aromatic heterocycles. The van der Waals surface area contributed by atoms with Gasteiger partial charge in [0, 0.05) is 23.8 Å². The molecule has 5 nitrogen and oxygen atoms in total. The van der Waals surface area contributed by atoms with Crippen molar-refractivity contribution in [1.82, 2.24) is 0 Å². The van der Waals surface area contributed by atoms with E-state index in [1.165, 1.54) is 0 Å². The molecule has 0 aliphatic carbocycles. The molecule has 1 heterocycles. The first-order chi connectivity index (χ1) is 10.9. The van der Waals surface area contributed by atoms with Crippen LogP contribution in [-0.4, -0.2) is 32.7 Å². The van der Waals surface area contributed by atoms with Crippen LogP contribution in [-0.2, 0) is 19.3 Å². The maximum absolute atomic E-state index is 12.6. The van der Waals surface area contributed by atoms with Crippen LogP contribution in [0, 0.1) is 5.92 Å². The number of rotatable bonds is 5. The minimum atomic E-state index is -2.61. The van der Waals surface area contributed by atoms with Gasteiger partial charge in [-0.05, 0) is 18.4 Å². The number of nitrogens with zero attached hydrogens (tertiary/aromatic N) is 1. The van der Waals surface area contributed by atoms with Crippen LogP contribution in [0.2, 0.25) is 0 Å². The Hall–Kier alpha value is -1.95. The van der Waals surface area contributed by atoms with E-state index in [9.17, 15) is 13.8 Å². The van der Waals surface area contributed by atoms with Gasteiger partial charge in [-0.2, -0.15) is 4.36 Å². The molecule has 1 amide bonds. The number of hydrogen-bond acceptors (Lipinski definition) is 3. The van der Waals surface area contributed by atoms with E-state index in [4.69, 9.17) is 5.11 Å². The third-order valence-corrected chi connectivity index (χ3v) is 6.38. The summed E-state index contributed by atoms with van der Waals surface area (Å²) >= 11 is 0. The maximum atomic E-state index is 12.6. The monoisotopic (exact) mass is 335 g/mol. The first kappa shape index (κ1) is 17.4. The van der Waals surface area contributed by atoms with Gasteiger partial charge in [0.05, 0.1) is 15.6 Å². The van der Waals surface area contributed by atoms with Gasteiger partial charge in [0.1, 0.15) is 0 Å². The molecule has 2 rings (SSSR count). The number of hydrogen-bond donors (Lipinski definition) is 1. The van der Waals surface area contributed by atoms with Gasteiger partial charge in [-0.25, -0.2) is 4.21 Å². The Bertz CT molecular complexity index is 691. The van der Waals surface area contributed by atoms with Crippen molar-refractivity contribution < 1.29 is 18.9 Å². The van der Waals surface area contributed by atoms with E-state index in [1.807, 2.05) is 30.3 Å². The van der Waals surface area contributed by atoms with Crippen molar-refractivity contribution in [3.05, 3.63) is 48.6 Å². The molecule has 1 aliphatic heterocycles. The van der Waals surface area contributed by atoms with E-state index < -0.39 is 27.5 Å². The number of carbonyl (C=O) groups excluding carboxylic acids is 1. The van der Waals surface area contributed by atoms with Crippen molar-refractivity contribution in [3.63, 3.8) is 0 Å². The van der Waals surface area contributed by atoms with Gasteiger partial charge in [-0.15, -0.1) is 6.58 Å². The lowest BCUT2D eigenvalue weighted by molar-refractivity contribution is -0.141. The van der Waals surface area contributed by atoms with Crippen molar-refractivity contribution in [2.45, 2.75) is 25.2 Å². The SMILES string of the molecule is C=CC(CC(=O)N=S1(=O)CCC(C(=O)O)CC1)c1ccccc1. The highest BCUT2D eigenvalue weighted by atomic mass is 32.2. The van der Waals surface area contributed by atoms with Gasteiger partial charge < -0.3 is 5.11 Å². The molecule has 124 valence electrons. The Morgan fingerprint density at radius 1 is 1.30 bits per heavy atom. The number of amides is 1. The molecule has 6 heteroatoms. The van der Waals surface area contributed by atoms with E-state index in [0.29, 0.717) is 12.8 Å². The molecule has 1 aromatic carbocycles. The van der Waals surface area contributed by atoms with Crippen molar-refractivity contribution in [1.29, 1.82) is 0 Å². The maximum Gasteiger partial charge on any atom is 0.306 e. The van der Waals surface area contributed by atoms with Crippen molar-refractivity contribution in [2.24, 2.45) is 10.3 Å². The van der Waals surface area contributed by atoms with Gasteiger partial charge >= 0.3 is 5.97 Å². The van der Waals surface area contributed by atoms with E-state index >= 15 is 0 Å². The topological polar surface area (TPSA) is 83.8 Å². The van der Waals surface area contributed by atoms with Crippen LogP contribution >= 0.6 is 0 Å². The largest absolute Gasteiger partial charge is 0.481 e. The van der Waals surface area contributed by atoms with Crippen LogP contribution in [0.4, 0.5) is 0 Å². The van der Waals surface area contributed by atoms with Gasteiger partial charge in [0.15, 0.2) is 0 Å². The standard InChI is InChI=1S/C17H21NO4S/c1-2-13(14-6-4-3-5-7-14)12-16(19)18-23(22)10-8-15(9-11-23)17(20)21/h2-7,13,15H,1,8-12H2,(H,20,21). The average molecular weight is 335 g/mol. The Kier molecular flexibility index (Phi) is 5.71. The number of aliphatic carboxylic acids is 1. The fourth-order valence-corrected chi connectivity index (χ4v) is 4.82. The summed E-state index contributed by atoms with van der Waals surface area (Å²) in [6.07, 6.45) is 2.45. The Balaban J connectivity index is 2.05. The first-order valence-electron chi connectivity index (χ1n) is 7.59. The van der Waals surface area contributed by atoms with Crippen LogP contribution in [0.3, 0.4) is 0 Å². The molecule has 1 fully saturated rings. The van der Waals surface area contributed by atoms with Crippen molar-refractivity contribution in [3.8, 4) is 0 Å². The molecule has 1 aliphatic rings. The summed E-state index contributed by atoms with van der Waals surface area (Å²) in [6, 6.07) is 9.50. The molecule has 0 saturated carbocycles. The summed E-state index contributed by atoms with van der Waals surface area (Å²) in [4.78, 5) is 23.1. The van der Waals surface area contributed by atoms with Crippen LogP contribution in [0.1, 0.15) is 30.7 Å². The zero-order valence-electron chi connectivity index (χ0n) is 12.9. The van der Waals surface area contributed by atoms with E-state index in [0.717, 1.165) is 5.56 Å². The Morgan fingerprint density at radius 3 is 2.43 bits per heavy atom. The van der Waals surface area contributed by atoms with Crippen LogP contribution in [0.15, 0.2) is 47.3 Å². The summed E-state index contributed by atoms with van der Waals surface area (Å²) in [5, 5.41) is 8.97. The zero-order chi connectivity index (χ0) is 16.9. The number of carbonyl (C=O) groups is 2. The number of carboxylic acid groups (broad SMARTS) is 1. The van der Waals surface area contributed by atoms with Gasteiger partial charge in [0.2, 0.25) is 0 Å². The zero-order valence-corrected chi connectivity index (χ0v) is 13.7. The van der Waals surface area contributed by atoms with Crippen LogP contribution < -0.4 is 0 Å². The summed E-state index contributed by atoms with van der Waals surface area (Å²) in [7, 11) is -2.61. The Labute approximate surface area is 136 Å². The molecule has 0 bridgehead atoms. The number of carboxylic acids is 1. The van der Waals surface area contributed by atoms with Gasteiger partial charge in [-0.3, -0.25) is 9.59 Å². The number of allylic oxidation sites excluding steroid dienone is 1. The highest BCUT2D eigenvalue weighted by Gasteiger charge is 2.28. The lowest BCUT2D eigenvalue weighted by Crippen LogP contribution is -2.28.